The highest BCUT2D eigenvalue weighted by atomic mass is 16.5. The quantitative estimate of drug-likeness (QED) is 0.435. The second kappa shape index (κ2) is 5.76. The van der Waals surface area contributed by atoms with E-state index in [9.17, 15) is 0 Å². The topological polar surface area (TPSA) is 57.1 Å². The largest absolute Gasteiger partial charge is 0.495 e. The molecule has 0 heterocycles. The summed E-state index contributed by atoms with van der Waals surface area (Å²) in [7, 11) is 1.71. The standard InChI is InChI=1S/C24H27N3O/c1-28-20-10-18-4-2-3-17-5-6-19(21(17)18)22(20)26-23(25)27-24-11-14-7-15(12-24)9-16(8-14)13-24/h2-6,10,14-16H,7-9,11-13H2,1H3,(H3,25,26,27). The molecule has 0 aliphatic heterocycles. The van der Waals surface area contributed by atoms with E-state index in [-0.39, 0.29) is 5.54 Å². The van der Waals surface area contributed by atoms with Crippen molar-refractivity contribution in [2.24, 2.45) is 17.8 Å². The van der Waals surface area contributed by atoms with Crippen LogP contribution in [0.15, 0.2) is 24.3 Å². The first-order valence-electron chi connectivity index (χ1n) is 10.6. The average molecular weight is 374 g/mol. The monoisotopic (exact) mass is 373 g/mol. The summed E-state index contributed by atoms with van der Waals surface area (Å²) in [5.41, 5.74) is 3.39. The van der Waals surface area contributed by atoms with Gasteiger partial charge in [0.2, 0.25) is 0 Å². The van der Waals surface area contributed by atoms with Gasteiger partial charge in [0.15, 0.2) is 5.96 Å². The summed E-state index contributed by atoms with van der Waals surface area (Å²) in [6.07, 6.45) is 12.2. The number of hydrogen-bond acceptors (Lipinski definition) is 2. The van der Waals surface area contributed by atoms with Crippen molar-refractivity contribution in [1.82, 2.24) is 5.32 Å². The van der Waals surface area contributed by atoms with E-state index >= 15 is 0 Å². The van der Waals surface area contributed by atoms with Gasteiger partial charge in [-0.1, -0.05) is 30.4 Å². The molecule has 4 heteroatoms. The Bertz CT molecular complexity index is 987. The van der Waals surface area contributed by atoms with Crippen LogP contribution in [0.1, 0.15) is 49.7 Å². The molecule has 3 N–H and O–H groups in total. The smallest absolute Gasteiger partial charge is 0.193 e. The predicted octanol–water partition coefficient (Wildman–Crippen LogP) is 5.24. The van der Waals surface area contributed by atoms with Crippen LogP contribution in [0.4, 0.5) is 5.69 Å². The Labute approximate surface area is 165 Å². The number of methoxy groups -OCH3 is 1. The number of nitrogens with one attached hydrogen (secondary N) is 3. The lowest BCUT2D eigenvalue weighted by atomic mass is 9.53. The van der Waals surface area contributed by atoms with E-state index < -0.39 is 0 Å². The molecule has 0 aromatic heterocycles. The molecule has 28 heavy (non-hydrogen) atoms. The number of anilines is 1. The van der Waals surface area contributed by atoms with Gasteiger partial charge in [0.05, 0.1) is 12.8 Å². The van der Waals surface area contributed by atoms with Crippen LogP contribution in [0.2, 0.25) is 0 Å². The van der Waals surface area contributed by atoms with Crippen molar-refractivity contribution in [3.63, 3.8) is 0 Å². The van der Waals surface area contributed by atoms with Crippen LogP contribution in [0, 0.1) is 23.2 Å². The molecule has 4 saturated carbocycles. The van der Waals surface area contributed by atoms with Crippen LogP contribution in [0.5, 0.6) is 5.75 Å². The van der Waals surface area contributed by atoms with Crippen LogP contribution in [0.25, 0.3) is 22.9 Å². The van der Waals surface area contributed by atoms with Gasteiger partial charge in [-0.2, -0.15) is 0 Å². The molecule has 2 aromatic carbocycles. The van der Waals surface area contributed by atoms with Crippen LogP contribution >= 0.6 is 0 Å². The second-order valence-corrected chi connectivity index (χ2v) is 9.47. The third-order valence-electron chi connectivity index (χ3n) is 7.53. The molecule has 7 rings (SSSR count). The molecule has 0 atom stereocenters. The van der Waals surface area contributed by atoms with Crippen molar-refractivity contribution in [3.05, 3.63) is 35.4 Å². The summed E-state index contributed by atoms with van der Waals surface area (Å²) in [4.78, 5) is 0. The van der Waals surface area contributed by atoms with Crippen molar-refractivity contribution in [2.75, 3.05) is 12.4 Å². The van der Waals surface area contributed by atoms with Crippen molar-refractivity contribution >= 4 is 34.6 Å². The predicted molar refractivity (Wildman–Crippen MR) is 115 cm³/mol. The normalized spacial score (nSPS) is 31.4. The van der Waals surface area contributed by atoms with Crippen LogP contribution < -0.4 is 15.4 Å². The molecule has 5 aliphatic carbocycles. The summed E-state index contributed by atoms with van der Waals surface area (Å²) in [5.74, 6) is 3.80. The molecule has 0 saturated heterocycles. The second-order valence-electron chi connectivity index (χ2n) is 9.47. The lowest BCUT2D eigenvalue weighted by molar-refractivity contribution is -0.0101. The summed E-state index contributed by atoms with van der Waals surface area (Å²) in [6.45, 7) is 0. The Balaban J connectivity index is 1.31. The first-order chi connectivity index (χ1) is 13.6. The maximum atomic E-state index is 8.73. The minimum absolute atomic E-state index is 0.129. The van der Waals surface area contributed by atoms with Crippen LogP contribution in [-0.4, -0.2) is 18.6 Å². The minimum Gasteiger partial charge on any atom is -0.495 e. The van der Waals surface area contributed by atoms with Gasteiger partial charge in [0, 0.05) is 11.1 Å². The number of ether oxygens (including phenoxy) is 1. The fraction of sp³-hybridized carbons (Fsp3) is 0.458. The zero-order valence-corrected chi connectivity index (χ0v) is 16.3. The maximum Gasteiger partial charge on any atom is 0.193 e. The molecule has 144 valence electrons. The Morgan fingerprint density at radius 2 is 1.79 bits per heavy atom. The van der Waals surface area contributed by atoms with Crippen molar-refractivity contribution in [2.45, 2.75) is 44.1 Å². The molecular weight excluding hydrogens is 346 g/mol. The molecule has 0 amide bonds. The van der Waals surface area contributed by atoms with Gasteiger partial charge in [0.25, 0.3) is 0 Å². The molecule has 4 bridgehead atoms. The summed E-state index contributed by atoms with van der Waals surface area (Å²) in [5, 5.41) is 18.2. The molecular formula is C24H27N3O. The van der Waals surface area contributed by atoms with E-state index in [2.05, 4.69) is 47.1 Å². The summed E-state index contributed by atoms with van der Waals surface area (Å²) >= 11 is 0. The lowest BCUT2D eigenvalue weighted by Gasteiger charge is -2.57. The van der Waals surface area contributed by atoms with E-state index in [0.29, 0.717) is 5.96 Å². The van der Waals surface area contributed by atoms with E-state index in [1.807, 2.05) is 0 Å². The molecule has 0 unspecified atom stereocenters. The van der Waals surface area contributed by atoms with Crippen LogP contribution in [0.3, 0.4) is 0 Å². The third kappa shape index (κ3) is 2.40. The zero-order valence-electron chi connectivity index (χ0n) is 16.3. The van der Waals surface area contributed by atoms with Gasteiger partial charge in [-0.3, -0.25) is 5.41 Å². The van der Waals surface area contributed by atoms with Gasteiger partial charge < -0.3 is 15.4 Å². The highest BCUT2D eigenvalue weighted by Gasteiger charge is 2.51. The number of guanidine groups is 1. The van der Waals surface area contributed by atoms with Gasteiger partial charge in [-0.25, -0.2) is 0 Å². The van der Waals surface area contributed by atoms with Gasteiger partial charge >= 0.3 is 0 Å². The Morgan fingerprint density at radius 1 is 1.07 bits per heavy atom. The van der Waals surface area contributed by atoms with Crippen molar-refractivity contribution in [3.8, 4) is 5.75 Å². The van der Waals surface area contributed by atoms with Crippen molar-refractivity contribution < 1.29 is 4.74 Å². The minimum atomic E-state index is 0.129. The highest BCUT2D eigenvalue weighted by molar-refractivity contribution is 6.12. The van der Waals surface area contributed by atoms with Crippen molar-refractivity contribution in [1.29, 1.82) is 5.41 Å². The Hall–Kier alpha value is -2.49. The fourth-order valence-corrected chi connectivity index (χ4v) is 6.94. The van der Waals surface area contributed by atoms with Crippen LogP contribution in [-0.2, 0) is 0 Å². The van der Waals surface area contributed by atoms with E-state index in [0.717, 1.165) is 34.8 Å². The molecule has 0 spiro atoms. The molecule has 0 radical (unpaired) electrons. The van der Waals surface area contributed by atoms with E-state index in [1.165, 1.54) is 54.9 Å². The number of rotatable bonds is 3. The SMILES string of the molecule is COc1cc2cccc3c2c(c1NC(=N)NC12CC4CC(CC(C4)C1)C2)C=C3. The third-order valence-corrected chi connectivity index (χ3v) is 7.53. The van der Waals surface area contributed by atoms with E-state index in [1.54, 1.807) is 7.11 Å². The highest BCUT2D eigenvalue weighted by Crippen LogP contribution is 2.55. The van der Waals surface area contributed by atoms with E-state index in [4.69, 9.17) is 10.1 Å². The van der Waals surface area contributed by atoms with Gasteiger partial charge in [-0.15, -0.1) is 0 Å². The molecule has 5 aliphatic rings. The Kier molecular flexibility index (Phi) is 3.38. The zero-order chi connectivity index (χ0) is 18.9. The number of benzene rings is 2. The summed E-state index contributed by atoms with van der Waals surface area (Å²) < 4.78 is 5.69. The first-order valence-corrected chi connectivity index (χ1v) is 10.6. The Morgan fingerprint density at radius 3 is 2.46 bits per heavy atom. The molecule has 4 fully saturated rings. The fourth-order valence-electron chi connectivity index (χ4n) is 6.94. The lowest BCUT2D eigenvalue weighted by Crippen LogP contribution is -2.60. The van der Waals surface area contributed by atoms with Gasteiger partial charge in [-0.05, 0) is 78.7 Å². The average Bonchev–Trinajstić information content (AvgIpc) is 3.08. The molecule has 4 nitrogen and oxygen atoms in total. The number of hydrogen-bond donors (Lipinski definition) is 3. The van der Waals surface area contributed by atoms with Gasteiger partial charge in [0.1, 0.15) is 5.75 Å². The summed E-state index contributed by atoms with van der Waals surface area (Å²) in [6, 6.07) is 8.43. The first kappa shape index (κ1) is 16.5. The maximum absolute atomic E-state index is 8.73. The molecule has 2 aromatic rings.